The van der Waals surface area contributed by atoms with Crippen LogP contribution in [0, 0.1) is 0 Å². The molecule has 3 saturated heterocycles. The largest absolute Gasteiger partial charge is 0.490 e. The molecule has 98 valence electrons. The lowest BCUT2D eigenvalue weighted by Crippen LogP contribution is -2.70. The first-order chi connectivity index (χ1) is 7.73. The van der Waals surface area contributed by atoms with Crippen LogP contribution < -0.4 is 11.1 Å². The third-order valence-corrected chi connectivity index (χ3v) is 2.59. The Morgan fingerprint density at radius 2 is 1.71 bits per heavy atom. The number of nitrogens with one attached hydrogen (secondary N) is 1. The molecule has 0 spiro atoms. The number of carboxylic acids is 1. The number of rotatable bonds is 0. The molecule has 17 heavy (non-hydrogen) atoms. The maximum absolute atomic E-state index is 10.7. The lowest BCUT2D eigenvalue weighted by Gasteiger charge is -2.52. The predicted molar refractivity (Wildman–Crippen MR) is 50.2 cm³/mol. The van der Waals surface area contributed by atoms with Crippen molar-refractivity contribution in [1.29, 1.82) is 0 Å². The number of carbonyl (C=O) groups excluding carboxylic acids is 1. The molecule has 4 N–H and O–H groups in total. The second kappa shape index (κ2) is 4.78. The number of piperazine rings is 1. The van der Waals surface area contributed by atoms with Gasteiger partial charge in [0, 0.05) is 25.2 Å². The molecule has 2 amide bonds. The molecule has 0 aromatic carbocycles. The van der Waals surface area contributed by atoms with E-state index in [0.29, 0.717) is 12.1 Å². The molecular formula is C8H12F3N3O3. The van der Waals surface area contributed by atoms with Crippen LogP contribution in [-0.2, 0) is 4.79 Å². The van der Waals surface area contributed by atoms with Crippen LogP contribution in [0.3, 0.4) is 0 Å². The molecule has 6 nitrogen and oxygen atoms in total. The standard InChI is InChI=1S/C6H11N3O.C2HF3O2/c7-6(10)9-4-1-5(9)3-8-2-4;3-2(4,5)1(6)7/h4-5,8H,1-3H2,(H2,7,10);(H,6,7). The van der Waals surface area contributed by atoms with Gasteiger partial charge in [0.25, 0.3) is 0 Å². The van der Waals surface area contributed by atoms with Crippen molar-refractivity contribution in [2.45, 2.75) is 24.7 Å². The third kappa shape index (κ3) is 3.22. The number of nitrogens with zero attached hydrogens (tertiary/aromatic N) is 1. The summed E-state index contributed by atoms with van der Waals surface area (Å²) in [5, 5.41) is 10.3. The van der Waals surface area contributed by atoms with Crippen molar-refractivity contribution in [3.63, 3.8) is 0 Å². The van der Waals surface area contributed by atoms with Crippen LogP contribution in [0.2, 0.25) is 0 Å². The van der Waals surface area contributed by atoms with Gasteiger partial charge in [-0.15, -0.1) is 0 Å². The molecular weight excluding hydrogens is 243 g/mol. The predicted octanol–water partition coefficient (Wildman–Crippen LogP) is -0.256. The summed E-state index contributed by atoms with van der Waals surface area (Å²) in [6.07, 6.45) is -3.95. The number of primary amides is 1. The van der Waals surface area contributed by atoms with Gasteiger partial charge in [0.1, 0.15) is 0 Å². The number of carboxylic acid groups (broad SMARTS) is 1. The maximum atomic E-state index is 10.7. The van der Waals surface area contributed by atoms with E-state index in [1.165, 1.54) is 0 Å². The van der Waals surface area contributed by atoms with Crippen molar-refractivity contribution in [3.05, 3.63) is 0 Å². The van der Waals surface area contributed by atoms with Crippen molar-refractivity contribution in [3.8, 4) is 0 Å². The minimum atomic E-state index is -5.08. The first kappa shape index (κ1) is 13.6. The number of hydrogen-bond acceptors (Lipinski definition) is 3. The Bertz CT molecular complexity index is 307. The van der Waals surface area contributed by atoms with Gasteiger partial charge in [0.05, 0.1) is 0 Å². The quantitative estimate of drug-likeness (QED) is 0.556. The van der Waals surface area contributed by atoms with E-state index < -0.39 is 12.1 Å². The van der Waals surface area contributed by atoms with Gasteiger partial charge in [-0.2, -0.15) is 13.2 Å². The fraction of sp³-hybridized carbons (Fsp3) is 0.750. The highest BCUT2D eigenvalue weighted by molar-refractivity contribution is 5.74. The highest BCUT2D eigenvalue weighted by Crippen LogP contribution is 2.27. The summed E-state index contributed by atoms with van der Waals surface area (Å²) in [6, 6.07) is 0.509. The van der Waals surface area contributed by atoms with Gasteiger partial charge in [0.2, 0.25) is 0 Å². The van der Waals surface area contributed by atoms with Gasteiger partial charge < -0.3 is 21.1 Å². The first-order valence-corrected chi connectivity index (χ1v) is 4.82. The Morgan fingerprint density at radius 1 is 1.29 bits per heavy atom. The van der Waals surface area contributed by atoms with Crippen molar-refractivity contribution in [2.24, 2.45) is 5.73 Å². The van der Waals surface area contributed by atoms with Crippen LogP contribution in [0.5, 0.6) is 0 Å². The van der Waals surface area contributed by atoms with Crippen LogP contribution in [-0.4, -0.2) is 53.4 Å². The molecule has 3 rings (SSSR count). The van der Waals surface area contributed by atoms with E-state index in [0.717, 1.165) is 19.5 Å². The first-order valence-electron chi connectivity index (χ1n) is 4.82. The molecule has 2 unspecified atom stereocenters. The number of urea groups is 1. The zero-order valence-corrected chi connectivity index (χ0v) is 8.70. The average molecular weight is 255 g/mol. The highest BCUT2D eigenvalue weighted by atomic mass is 19.4. The summed E-state index contributed by atoms with van der Waals surface area (Å²) in [7, 11) is 0. The molecule has 0 aliphatic carbocycles. The van der Waals surface area contributed by atoms with E-state index in [-0.39, 0.29) is 6.03 Å². The number of halogens is 3. The zero-order chi connectivity index (χ0) is 13.2. The number of carbonyl (C=O) groups is 2. The smallest absolute Gasteiger partial charge is 0.475 e. The van der Waals surface area contributed by atoms with Crippen molar-refractivity contribution < 1.29 is 27.9 Å². The molecule has 0 aromatic rings. The minimum Gasteiger partial charge on any atom is -0.475 e. The van der Waals surface area contributed by atoms with Crippen LogP contribution in [0.1, 0.15) is 6.42 Å². The van der Waals surface area contributed by atoms with Crippen LogP contribution in [0.4, 0.5) is 18.0 Å². The number of aliphatic carboxylic acids is 1. The Morgan fingerprint density at radius 3 is 1.88 bits per heavy atom. The van der Waals surface area contributed by atoms with Gasteiger partial charge in [-0.05, 0) is 6.42 Å². The monoisotopic (exact) mass is 255 g/mol. The maximum Gasteiger partial charge on any atom is 0.490 e. The number of fused-ring (bicyclic) bond motifs is 2. The number of amides is 2. The number of piperidine rings is 1. The Balaban J connectivity index is 0.000000185. The van der Waals surface area contributed by atoms with E-state index >= 15 is 0 Å². The van der Waals surface area contributed by atoms with Gasteiger partial charge in [0.15, 0.2) is 0 Å². The molecule has 3 aliphatic heterocycles. The fourth-order valence-corrected chi connectivity index (χ4v) is 1.84. The highest BCUT2D eigenvalue weighted by Gasteiger charge is 2.43. The molecule has 2 atom stereocenters. The van der Waals surface area contributed by atoms with Gasteiger partial charge >= 0.3 is 18.2 Å². The second-order valence-electron chi connectivity index (χ2n) is 3.75. The van der Waals surface area contributed by atoms with Gasteiger partial charge in [-0.25, -0.2) is 9.59 Å². The summed E-state index contributed by atoms with van der Waals surface area (Å²) >= 11 is 0. The van der Waals surface area contributed by atoms with E-state index in [1.54, 1.807) is 4.90 Å². The number of hydrogen-bond donors (Lipinski definition) is 3. The Kier molecular flexibility index (Phi) is 3.81. The van der Waals surface area contributed by atoms with E-state index in [1.807, 2.05) is 0 Å². The lowest BCUT2D eigenvalue weighted by atomic mass is 9.89. The molecule has 3 aliphatic rings. The summed E-state index contributed by atoms with van der Waals surface area (Å²) in [6.45, 7) is 1.83. The lowest BCUT2D eigenvalue weighted by molar-refractivity contribution is -0.192. The molecule has 0 radical (unpaired) electrons. The van der Waals surface area contributed by atoms with Gasteiger partial charge in [-0.3, -0.25) is 0 Å². The van der Waals surface area contributed by atoms with Gasteiger partial charge in [-0.1, -0.05) is 0 Å². The molecule has 0 aromatic heterocycles. The summed E-state index contributed by atoms with van der Waals surface area (Å²) in [5.41, 5.74) is 5.15. The van der Waals surface area contributed by atoms with E-state index in [9.17, 15) is 18.0 Å². The molecule has 9 heteroatoms. The SMILES string of the molecule is NC(=O)N1C2CNCC1C2.O=C(O)C(F)(F)F. The van der Waals surface area contributed by atoms with Crippen LogP contribution in [0.25, 0.3) is 0 Å². The molecule has 0 saturated carbocycles. The number of nitrogens with two attached hydrogens (primary N) is 1. The average Bonchev–Trinajstić information content (AvgIpc) is 2.17. The minimum absolute atomic E-state index is 0.261. The van der Waals surface area contributed by atoms with E-state index in [2.05, 4.69) is 5.32 Å². The van der Waals surface area contributed by atoms with E-state index in [4.69, 9.17) is 15.6 Å². The number of alkyl halides is 3. The Labute approximate surface area is 94.6 Å². The van der Waals surface area contributed by atoms with Crippen molar-refractivity contribution >= 4 is 12.0 Å². The van der Waals surface area contributed by atoms with Crippen molar-refractivity contribution in [2.75, 3.05) is 13.1 Å². The molecule has 3 heterocycles. The zero-order valence-electron chi connectivity index (χ0n) is 8.70. The van der Waals surface area contributed by atoms with Crippen LogP contribution >= 0.6 is 0 Å². The fourth-order valence-electron chi connectivity index (χ4n) is 1.84. The third-order valence-electron chi connectivity index (χ3n) is 2.59. The molecule has 3 fully saturated rings. The summed E-state index contributed by atoms with van der Waals surface area (Å²) in [4.78, 5) is 21.4. The van der Waals surface area contributed by atoms with Crippen LogP contribution in [0.15, 0.2) is 0 Å². The molecule has 2 bridgehead atoms. The summed E-state index contributed by atoms with van der Waals surface area (Å²) < 4.78 is 31.7. The topological polar surface area (TPSA) is 95.7 Å². The Hall–Kier alpha value is -1.51. The second-order valence-corrected chi connectivity index (χ2v) is 3.75. The summed E-state index contributed by atoms with van der Waals surface area (Å²) in [5.74, 6) is -2.76. The normalized spacial score (nSPS) is 26.4. The van der Waals surface area contributed by atoms with Crippen molar-refractivity contribution in [1.82, 2.24) is 10.2 Å².